The molecule has 2 aromatic carbocycles. The zero-order valence-electron chi connectivity index (χ0n) is 16.0. The summed E-state index contributed by atoms with van der Waals surface area (Å²) in [5.41, 5.74) is 3.36. The highest BCUT2D eigenvalue weighted by Crippen LogP contribution is 2.33. The minimum absolute atomic E-state index is 0.0490. The summed E-state index contributed by atoms with van der Waals surface area (Å²) < 4.78 is 12.8. The third kappa shape index (κ3) is 3.55. The molecule has 0 spiro atoms. The van der Waals surface area contributed by atoms with E-state index in [1.54, 1.807) is 14.2 Å². The van der Waals surface area contributed by atoms with Crippen molar-refractivity contribution in [1.82, 2.24) is 9.47 Å². The van der Waals surface area contributed by atoms with Crippen molar-refractivity contribution in [1.29, 1.82) is 0 Å². The van der Waals surface area contributed by atoms with Crippen molar-refractivity contribution < 1.29 is 9.47 Å². The van der Waals surface area contributed by atoms with Gasteiger partial charge < -0.3 is 24.3 Å². The molecular weight excluding hydrogens is 370 g/mol. The molecule has 2 heterocycles. The predicted molar refractivity (Wildman–Crippen MR) is 115 cm³/mol. The second kappa shape index (κ2) is 7.94. The molecule has 0 bridgehead atoms. The van der Waals surface area contributed by atoms with Crippen LogP contribution in [0.1, 0.15) is 17.3 Å². The van der Waals surface area contributed by atoms with Gasteiger partial charge in [-0.15, -0.1) is 0 Å². The summed E-state index contributed by atoms with van der Waals surface area (Å²) >= 11 is 5.80. The Bertz CT molecular complexity index is 951. The quantitative estimate of drug-likeness (QED) is 0.669. The fraction of sp³-hybridized carbons (Fsp3) is 0.227. The average molecular weight is 394 g/mol. The third-order valence-electron chi connectivity index (χ3n) is 5.07. The lowest BCUT2D eigenvalue weighted by molar-refractivity contribution is 0.293. The van der Waals surface area contributed by atoms with E-state index in [1.807, 2.05) is 36.4 Å². The molecule has 0 aliphatic carbocycles. The van der Waals surface area contributed by atoms with Crippen LogP contribution in [0.2, 0.25) is 0 Å². The average Bonchev–Trinajstić information content (AvgIpc) is 3.22. The second-order valence-corrected chi connectivity index (χ2v) is 7.04. The molecule has 0 amide bonds. The number of hydrogen-bond donors (Lipinski definition) is 1. The van der Waals surface area contributed by atoms with E-state index in [0.29, 0.717) is 5.11 Å². The lowest BCUT2D eigenvalue weighted by Gasteiger charge is -2.39. The lowest BCUT2D eigenvalue weighted by Crippen LogP contribution is -2.44. The fourth-order valence-corrected chi connectivity index (χ4v) is 3.92. The second-order valence-electron chi connectivity index (χ2n) is 6.65. The Morgan fingerprint density at radius 2 is 1.57 bits per heavy atom. The first-order chi connectivity index (χ1) is 13.7. The number of fused-ring (bicyclic) bond motifs is 1. The van der Waals surface area contributed by atoms with Crippen molar-refractivity contribution in [2.24, 2.45) is 0 Å². The minimum Gasteiger partial charge on any atom is -0.497 e. The van der Waals surface area contributed by atoms with Crippen LogP contribution in [0.15, 0.2) is 66.9 Å². The van der Waals surface area contributed by atoms with Gasteiger partial charge in [-0.05, 0) is 66.3 Å². The SMILES string of the molecule is COc1ccc(NC(=S)N2CCn3cccc3C2c2ccc(OC)cc2)cc1. The third-order valence-corrected chi connectivity index (χ3v) is 5.41. The first-order valence-electron chi connectivity index (χ1n) is 9.20. The molecule has 1 unspecified atom stereocenters. The van der Waals surface area contributed by atoms with E-state index in [4.69, 9.17) is 21.7 Å². The van der Waals surface area contributed by atoms with E-state index < -0.39 is 0 Å². The number of thiocarbonyl (C=S) groups is 1. The molecule has 5 nitrogen and oxygen atoms in total. The number of aromatic nitrogens is 1. The van der Waals surface area contributed by atoms with Gasteiger partial charge >= 0.3 is 0 Å². The number of anilines is 1. The van der Waals surface area contributed by atoms with E-state index in [9.17, 15) is 0 Å². The molecule has 3 aromatic rings. The van der Waals surface area contributed by atoms with Crippen molar-refractivity contribution in [2.75, 3.05) is 26.1 Å². The number of rotatable bonds is 4. The molecule has 1 N–H and O–H groups in total. The minimum atomic E-state index is 0.0490. The van der Waals surface area contributed by atoms with Gasteiger partial charge in [0.2, 0.25) is 0 Å². The molecule has 144 valence electrons. The van der Waals surface area contributed by atoms with Gasteiger partial charge in [-0.2, -0.15) is 0 Å². The maximum atomic E-state index is 5.80. The van der Waals surface area contributed by atoms with Gasteiger partial charge in [0.1, 0.15) is 11.5 Å². The van der Waals surface area contributed by atoms with Crippen molar-refractivity contribution in [2.45, 2.75) is 12.6 Å². The van der Waals surface area contributed by atoms with E-state index in [0.717, 1.165) is 30.3 Å². The van der Waals surface area contributed by atoms with E-state index in [1.165, 1.54) is 11.3 Å². The highest BCUT2D eigenvalue weighted by Gasteiger charge is 2.30. The molecule has 1 aromatic heterocycles. The molecule has 28 heavy (non-hydrogen) atoms. The van der Waals surface area contributed by atoms with Crippen LogP contribution in [-0.4, -0.2) is 35.3 Å². The van der Waals surface area contributed by atoms with Crippen LogP contribution in [0, 0.1) is 0 Å². The summed E-state index contributed by atoms with van der Waals surface area (Å²) in [6.07, 6.45) is 2.13. The molecule has 1 aliphatic heterocycles. The Labute approximate surface area is 170 Å². The Morgan fingerprint density at radius 3 is 2.21 bits per heavy atom. The van der Waals surface area contributed by atoms with Crippen LogP contribution in [0.4, 0.5) is 5.69 Å². The molecule has 1 aliphatic rings. The molecule has 6 heteroatoms. The van der Waals surface area contributed by atoms with Crippen LogP contribution in [0.25, 0.3) is 0 Å². The van der Waals surface area contributed by atoms with E-state index in [-0.39, 0.29) is 6.04 Å². The Kier molecular flexibility index (Phi) is 5.21. The Morgan fingerprint density at radius 1 is 0.929 bits per heavy atom. The highest BCUT2D eigenvalue weighted by molar-refractivity contribution is 7.80. The first-order valence-corrected chi connectivity index (χ1v) is 9.61. The highest BCUT2D eigenvalue weighted by atomic mass is 32.1. The number of methoxy groups -OCH3 is 2. The number of nitrogens with one attached hydrogen (secondary N) is 1. The smallest absolute Gasteiger partial charge is 0.174 e. The summed E-state index contributed by atoms with van der Waals surface area (Å²) in [6.45, 7) is 1.74. The standard InChI is InChI=1S/C22H23N3O2S/c1-26-18-9-5-16(6-10-18)21-20-4-3-13-24(20)14-15-25(21)22(28)23-17-7-11-19(27-2)12-8-17/h3-13,21H,14-15H2,1-2H3,(H,23,28). The molecule has 0 saturated carbocycles. The lowest BCUT2D eigenvalue weighted by atomic mass is 10.00. The number of benzene rings is 2. The van der Waals surface area contributed by atoms with Gasteiger partial charge in [-0.25, -0.2) is 0 Å². The maximum Gasteiger partial charge on any atom is 0.174 e. The number of ether oxygens (including phenoxy) is 2. The largest absolute Gasteiger partial charge is 0.497 e. The van der Waals surface area contributed by atoms with Crippen molar-refractivity contribution in [3.8, 4) is 11.5 Å². The van der Waals surface area contributed by atoms with Crippen LogP contribution in [-0.2, 0) is 6.54 Å². The van der Waals surface area contributed by atoms with Gasteiger partial charge in [0.25, 0.3) is 0 Å². The van der Waals surface area contributed by atoms with E-state index in [2.05, 4.69) is 45.2 Å². The zero-order valence-corrected chi connectivity index (χ0v) is 16.8. The molecule has 0 saturated heterocycles. The normalized spacial score (nSPS) is 15.6. The van der Waals surface area contributed by atoms with Gasteiger partial charge in [0.15, 0.2) is 5.11 Å². The number of hydrogen-bond acceptors (Lipinski definition) is 3. The zero-order chi connectivity index (χ0) is 19.5. The van der Waals surface area contributed by atoms with Gasteiger partial charge in [-0.1, -0.05) is 12.1 Å². The van der Waals surface area contributed by atoms with Crippen molar-refractivity contribution in [3.63, 3.8) is 0 Å². The van der Waals surface area contributed by atoms with E-state index >= 15 is 0 Å². The molecule has 0 radical (unpaired) electrons. The summed E-state index contributed by atoms with van der Waals surface area (Å²) in [7, 11) is 3.34. The topological polar surface area (TPSA) is 38.7 Å². The Balaban J connectivity index is 1.62. The Hall–Kier alpha value is -2.99. The van der Waals surface area contributed by atoms with Crippen LogP contribution in [0.5, 0.6) is 11.5 Å². The van der Waals surface area contributed by atoms with Crippen LogP contribution < -0.4 is 14.8 Å². The monoisotopic (exact) mass is 393 g/mol. The maximum absolute atomic E-state index is 5.80. The summed E-state index contributed by atoms with van der Waals surface area (Å²) in [5, 5.41) is 4.08. The first kappa shape index (κ1) is 18.4. The predicted octanol–water partition coefficient (Wildman–Crippen LogP) is 4.31. The summed E-state index contributed by atoms with van der Waals surface area (Å²) in [6, 6.07) is 20.3. The number of nitrogens with zero attached hydrogens (tertiary/aromatic N) is 2. The fourth-order valence-electron chi connectivity index (χ4n) is 3.61. The molecule has 4 rings (SSSR count). The molecule has 1 atom stereocenters. The van der Waals surface area contributed by atoms with Crippen molar-refractivity contribution in [3.05, 3.63) is 78.1 Å². The van der Waals surface area contributed by atoms with Crippen LogP contribution >= 0.6 is 12.2 Å². The molecular formula is C22H23N3O2S. The summed E-state index contributed by atoms with van der Waals surface area (Å²) in [4.78, 5) is 2.25. The molecule has 0 fully saturated rings. The van der Waals surface area contributed by atoms with Gasteiger partial charge in [0.05, 0.1) is 20.3 Å². The van der Waals surface area contributed by atoms with Crippen LogP contribution in [0.3, 0.4) is 0 Å². The summed E-state index contributed by atoms with van der Waals surface area (Å²) in [5.74, 6) is 1.67. The van der Waals surface area contributed by atoms with Crippen molar-refractivity contribution >= 4 is 23.0 Å². The van der Waals surface area contributed by atoms with Gasteiger partial charge in [0, 0.05) is 30.7 Å². The van der Waals surface area contributed by atoms with Gasteiger partial charge in [-0.3, -0.25) is 0 Å².